The van der Waals surface area contributed by atoms with Crippen LogP contribution in [0.25, 0.3) is 0 Å². The highest BCUT2D eigenvalue weighted by atomic mass is 28.4. The van der Waals surface area contributed by atoms with Gasteiger partial charge in [0.2, 0.25) is 0 Å². The monoisotopic (exact) mass is 446 g/mol. The number of hydrogen-bond donors (Lipinski definition) is 1. The molecule has 0 amide bonds. The van der Waals surface area contributed by atoms with Gasteiger partial charge in [-0.25, -0.2) is 0 Å². The fourth-order valence-electron chi connectivity index (χ4n) is 8.42. The second-order valence-corrected chi connectivity index (χ2v) is 18.6. The molecule has 0 aromatic heterocycles. The molecule has 4 aliphatic carbocycles. The van der Waals surface area contributed by atoms with E-state index >= 15 is 0 Å². The van der Waals surface area contributed by atoms with Gasteiger partial charge in [-0.3, -0.25) is 0 Å². The molecule has 3 saturated carbocycles. The Morgan fingerprint density at radius 3 is 2.45 bits per heavy atom. The molecule has 1 N–H and O–H groups in total. The number of hydrogen-bond acceptors (Lipinski definition) is 2. The maximum absolute atomic E-state index is 9.86. The van der Waals surface area contributed by atoms with Crippen LogP contribution in [0.4, 0.5) is 0 Å². The molecule has 8 atom stereocenters. The van der Waals surface area contributed by atoms with E-state index in [0.717, 1.165) is 23.7 Å². The molecule has 0 spiro atoms. The van der Waals surface area contributed by atoms with Crippen molar-refractivity contribution in [1.29, 1.82) is 0 Å². The van der Waals surface area contributed by atoms with Crippen LogP contribution in [0.15, 0.2) is 11.6 Å². The smallest absolute Gasteiger partial charge is 0.192 e. The molecule has 0 aromatic carbocycles. The van der Waals surface area contributed by atoms with E-state index in [-0.39, 0.29) is 0 Å². The summed E-state index contributed by atoms with van der Waals surface area (Å²) in [6.45, 7) is 19.8. The summed E-state index contributed by atoms with van der Waals surface area (Å²) in [6.07, 6.45) is 13.7. The Hall–Kier alpha value is -0.123. The van der Waals surface area contributed by atoms with Gasteiger partial charge in [0.25, 0.3) is 0 Å². The number of aliphatic hydroxyl groups excluding tert-OH is 1. The van der Waals surface area contributed by atoms with Crippen molar-refractivity contribution in [1.82, 2.24) is 0 Å². The third kappa shape index (κ3) is 3.83. The van der Waals surface area contributed by atoms with Gasteiger partial charge in [0, 0.05) is 12.7 Å². The molecule has 31 heavy (non-hydrogen) atoms. The maximum atomic E-state index is 9.86. The Morgan fingerprint density at radius 2 is 1.81 bits per heavy atom. The Morgan fingerprint density at radius 1 is 1.10 bits per heavy atom. The lowest BCUT2D eigenvalue weighted by atomic mass is 9.47. The number of rotatable bonds is 4. The minimum Gasteiger partial charge on any atom is -0.414 e. The van der Waals surface area contributed by atoms with Gasteiger partial charge >= 0.3 is 0 Å². The summed E-state index contributed by atoms with van der Waals surface area (Å²) in [4.78, 5) is 0. The largest absolute Gasteiger partial charge is 0.414 e. The van der Waals surface area contributed by atoms with Crippen LogP contribution >= 0.6 is 0 Å². The summed E-state index contributed by atoms with van der Waals surface area (Å²) >= 11 is 0. The van der Waals surface area contributed by atoms with Gasteiger partial charge in [-0.2, -0.15) is 0 Å². The number of aliphatic hydroxyl groups is 1. The molecule has 0 radical (unpaired) electrons. The van der Waals surface area contributed by atoms with Crippen LogP contribution < -0.4 is 0 Å². The predicted molar refractivity (Wildman–Crippen MR) is 134 cm³/mol. The van der Waals surface area contributed by atoms with Crippen molar-refractivity contribution in [2.45, 2.75) is 117 Å². The Balaban J connectivity index is 1.52. The molecule has 0 saturated heterocycles. The lowest BCUT2D eigenvalue weighted by Gasteiger charge is -2.59. The Kier molecular flexibility index (Phi) is 6.18. The zero-order chi connectivity index (χ0) is 22.8. The van der Waals surface area contributed by atoms with Crippen LogP contribution in [0.2, 0.25) is 18.1 Å². The summed E-state index contributed by atoms with van der Waals surface area (Å²) in [5.74, 6) is 3.76. The van der Waals surface area contributed by atoms with Crippen molar-refractivity contribution in [3.63, 3.8) is 0 Å². The van der Waals surface area contributed by atoms with Crippen molar-refractivity contribution >= 4 is 8.32 Å². The van der Waals surface area contributed by atoms with E-state index < -0.39 is 8.32 Å². The normalized spacial score (nSPS) is 44.2. The molecule has 178 valence electrons. The third-order valence-corrected chi connectivity index (χ3v) is 15.9. The van der Waals surface area contributed by atoms with Crippen LogP contribution in [0, 0.1) is 40.4 Å². The molecule has 2 unspecified atom stereocenters. The molecule has 0 aromatic rings. The molecular formula is C28H50O2Si. The van der Waals surface area contributed by atoms with Gasteiger partial charge in [0.1, 0.15) is 0 Å². The molecule has 4 rings (SSSR count). The predicted octanol–water partition coefficient (Wildman–Crippen LogP) is 7.58. The average Bonchev–Trinajstić information content (AvgIpc) is 3.04. The van der Waals surface area contributed by atoms with Crippen LogP contribution in [0.1, 0.15) is 92.9 Å². The van der Waals surface area contributed by atoms with Crippen molar-refractivity contribution in [2.75, 3.05) is 6.61 Å². The second kappa shape index (κ2) is 7.98. The molecule has 0 bridgehead atoms. The van der Waals surface area contributed by atoms with Crippen LogP contribution in [0.5, 0.6) is 0 Å². The van der Waals surface area contributed by atoms with Crippen LogP contribution in [-0.4, -0.2) is 26.1 Å². The SMILES string of the molecule is C[C@H](CO)[C@H]1CC[C@H]2[C@@H]3CC=C4CC(O[Si](C)(C)C(C)(C)C)CC[C@]4(C)C3CC[C@]12C. The number of fused-ring (bicyclic) bond motifs is 5. The second-order valence-electron chi connectivity index (χ2n) is 13.9. The van der Waals surface area contributed by atoms with E-state index in [1.807, 2.05) is 0 Å². The molecular weight excluding hydrogens is 396 g/mol. The first kappa shape index (κ1) is 24.0. The molecule has 2 nitrogen and oxygen atoms in total. The summed E-state index contributed by atoms with van der Waals surface area (Å²) in [7, 11) is -1.71. The lowest BCUT2D eigenvalue weighted by molar-refractivity contribution is -0.0591. The zero-order valence-electron chi connectivity index (χ0n) is 21.8. The summed E-state index contributed by atoms with van der Waals surface area (Å²) in [5.41, 5.74) is 2.59. The topological polar surface area (TPSA) is 29.5 Å². The van der Waals surface area contributed by atoms with Gasteiger partial charge in [0.05, 0.1) is 0 Å². The highest BCUT2D eigenvalue weighted by Gasteiger charge is 2.59. The first-order valence-corrected chi connectivity index (χ1v) is 16.2. The molecule has 4 aliphatic rings. The summed E-state index contributed by atoms with van der Waals surface area (Å²) in [5, 5.41) is 10.2. The molecule has 0 aliphatic heterocycles. The quantitative estimate of drug-likeness (QED) is 0.356. The van der Waals surface area contributed by atoms with Crippen molar-refractivity contribution < 1.29 is 9.53 Å². The van der Waals surface area contributed by atoms with E-state index in [1.165, 1.54) is 51.4 Å². The maximum Gasteiger partial charge on any atom is 0.192 e. The standard InChI is InChI=1S/C28H50O2Si/c1-19(18-29)23-11-12-24-22-10-9-20-17-21(30-31(7,8)26(2,3)4)13-15-27(20,5)25(22)14-16-28(23,24)6/h9,19,21-25,29H,10-18H2,1-8H3/t19-,21?,22+,23-,24+,25?,27+,28-/m1/s1. The molecule has 0 heterocycles. The van der Waals surface area contributed by atoms with Crippen molar-refractivity contribution in [3.8, 4) is 0 Å². The average molecular weight is 447 g/mol. The van der Waals surface area contributed by atoms with Gasteiger partial charge in [0.15, 0.2) is 8.32 Å². The van der Waals surface area contributed by atoms with E-state index in [4.69, 9.17) is 4.43 Å². The molecule has 3 fully saturated rings. The summed E-state index contributed by atoms with van der Waals surface area (Å²) < 4.78 is 6.89. The van der Waals surface area contributed by atoms with Crippen LogP contribution in [0.3, 0.4) is 0 Å². The van der Waals surface area contributed by atoms with E-state index in [0.29, 0.717) is 34.5 Å². The van der Waals surface area contributed by atoms with Crippen molar-refractivity contribution in [2.24, 2.45) is 40.4 Å². The lowest BCUT2D eigenvalue weighted by Crippen LogP contribution is -2.52. The van der Waals surface area contributed by atoms with Gasteiger partial charge < -0.3 is 9.53 Å². The van der Waals surface area contributed by atoms with Crippen molar-refractivity contribution in [3.05, 3.63) is 11.6 Å². The Bertz CT molecular complexity index is 706. The Labute approximate surface area is 193 Å². The van der Waals surface area contributed by atoms with Gasteiger partial charge in [-0.1, -0.05) is 53.2 Å². The highest BCUT2D eigenvalue weighted by Crippen LogP contribution is 2.67. The summed E-state index contributed by atoms with van der Waals surface area (Å²) in [6, 6.07) is 0. The van der Waals surface area contributed by atoms with Gasteiger partial charge in [-0.15, -0.1) is 0 Å². The number of allylic oxidation sites excluding steroid dienone is 1. The zero-order valence-corrected chi connectivity index (χ0v) is 22.8. The van der Waals surface area contributed by atoms with E-state index in [1.54, 1.807) is 5.57 Å². The third-order valence-electron chi connectivity index (χ3n) is 11.4. The fraction of sp³-hybridized carbons (Fsp3) is 0.929. The first-order valence-electron chi connectivity index (χ1n) is 13.3. The fourth-order valence-corrected chi connectivity index (χ4v) is 9.81. The van der Waals surface area contributed by atoms with E-state index in [2.05, 4.69) is 60.7 Å². The first-order chi connectivity index (χ1) is 14.3. The minimum atomic E-state index is -1.71. The van der Waals surface area contributed by atoms with Crippen LogP contribution in [-0.2, 0) is 4.43 Å². The minimum absolute atomic E-state index is 0.290. The highest BCUT2D eigenvalue weighted by molar-refractivity contribution is 6.74. The van der Waals surface area contributed by atoms with Gasteiger partial charge in [-0.05, 0) is 110 Å². The molecule has 3 heteroatoms. The van der Waals surface area contributed by atoms with E-state index in [9.17, 15) is 5.11 Å².